The van der Waals surface area contributed by atoms with E-state index in [2.05, 4.69) is 15.9 Å². The van der Waals surface area contributed by atoms with Gasteiger partial charge in [0.2, 0.25) is 0 Å². The number of nitrogen functional groups attached to an aromatic ring is 1. The maximum absolute atomic E-state index is 11.0. The summed E-state index contributed by atoms with van der Waals surface area (Å²) < 4.78 is 27.4. The first kappa shape index (κ1) is 14.0. The van der Waals surface area contributed by atoms with E-state index in [1.54, 1.807) is 13.0 Å². The smallest absolute Gasteiger partial charge is 0.264 e. The zero-order valence-corrected chi connectivity index (χ0v) is 11.7. The number of anilines is 1. The number of halogens is 1. The molecule has 0 aliphatic rings. The minimum atomic E-state index is -3.54. The zero-order chi connectivity index (χ0) is 13.2. The highest BCUT2D eigenvalue weighted by Crippen LogP contribution is 2.29. The predicted molar refractivity (Wildman–Crippen MR) is 67.6 cm³/mol. The molecule has 7 heteroatoms. The molecule has 1 unspecified atom stereocenters. The first-order valence-corrected chi connectivity index (χ1v) is 7.23. The van der Waals surface area contributed by atoms with E-state index >= 15 is 0 Å². The highest BCUT2D eigenvalue weighted by atomic mass is 79.9. The van der Waals surface area contributed by atoms with Crippen molar-refractivity contribution in [2.75, 3.05) is 12.0 Å². The molecule has 0 aliphatic heterocycles. The topological polar surface area (TPSA) is 93.2 Å². The van der Waals surface area contributed by atoms with Gasteiger partial charge in [0.05, 0.1) is 23.6 Å². The molecule has 0 aromatic heterocycles. The molecule has 0 saturated carbocycles. The third-order valence-electron chi connectivity index (χ3n) is 2.06. The lowest BCUT2D eigenvalue weighted by molar-refractivity contribution is 0.236. The monoisotopic (exact) mass is 318 g/mol. The van der Waals surface area contributed by atoms with Crippen LogP contribution < -0.4 is 5.73 Å². The maximum atomic E-state index is 11.0. The summed E-state index contributed by atoms with van der Waals surface area (Å²) in [4.78, 5) is 0. The van der Waals surface area contributed by atoms with Gasteiger partial charge in [-0.1, -0.05) is 0 Å². The fourth-order valence-corrected chi connectivity index (χ4v) is 2.40. The Morgan fingerprint density at radius 2 is 2.12 bits per heavy atom. The molecule has 1 rings (SSSR count). The first-order valence-electron chi connectivity index (χ1n) is 4.62. The Morgan fingerprint density at radius 1 is 1.53 bits per heavy atom. The highest BCUT2D eigenvalue weighted by molar-refractivity contribution is 9.10. The van der Waals surface area contributed by atoms with Crippen molar-refractivity contribution in [2.24, 2.45) is 0 Å². The van der Waals surface area contributed by atoms with Crippen molar-refractivity contribution in [3.8, 4) is 6.07 Å². The number of hydrogen-bond donors (Lipinski definition) is 1. The van der Waals surface area contributed by atoms with Gasteiger partial charge in [-0.25, -0.2) is 0 Å². The van der Waals surface area contributed by atoms with E-state index in [0.717, 1.165) is 6.26 Å². The SMILES string of the molecule is CC(OS(C)(=O)=O)c1cc(Br)c(N)c(C#N)c1. The largest absolute Gasteiger partial charge is 0.397 e. The molecular weight excluding hydrogens is 308 g/mol. The molecule has 2 N–H and O–H groups in total. The summed E-state index contributed by atoms with van der Waals surface area (Å²) in [7, 11) is -3.54. The van der Waals surface area contributed by atoms with Gasteiger partial charge in [-0.3, -0.25) is 4.18 Å². The third kappa shape index (κ3) is 3.70. The zero-order valence-electron chi connectivity index (χ0n) is 9.27. The van der Waals surface area contributed by atoms with Gasteiger partial charge in [0.1, 0.15) is 6.07 Å². The van der Waals surface area contributed by atoms with Gasteiger partial charge in [-0.2, -0.15) is 13.7 Å². The Balaban J connectivity index is 3.17. The molecule has 0 saturated heterocycles. The molecule has 0 spiro atoms. The predicted octanol–water partition coefficient (Wildman–Crippen LogP) is 1.94. The average Bonchev–Trinajstić information content (AvgIpc) is 2.19. The quantitative estimate of drug-likeness (QED) is 0.679. The number of nitrogens with two attached hydrogens (primary N) is 1. The molecule has 1 aromatic rings. The van der Waals surface area contributed by atoms with Crippen LogP contribution in [-0.4, -0.2) is 14.7 Å². The van der Waals surface area contributed by atoms with Gasteiger partial charge in [-0.05, 0) is 40.5 Å². The first-order chi connectivity index (χ1) is 7.74. The number of nitrogens with zero attached hydrogens (tertiary/aromatic N) is 1. The lowest BCUT2D eigenvalue weighted by Gasteiger charge is -2.13. The Hall–Kier alpha value is -1.10. The van der Waals surface area contributed by atoms with Crippen molar-refractivity contribution in [1.82, 2.24) is 0 Å². The summed E-state index contributed by atoms with van der Waals surface area (Å²) in [5.74, 6) is 0. The Bertz CT molecular complexity index is 578. The van der Waals surface area contributed by atoms with Crippen LogP contribution in [-0.2, 0) is 14.3 Å². The molecule has 0 amide bonds. The summed E-state index contributed by atoms with van der Waals surface area (Å²) >= 11 is 3.20. The number of hydrogen-bond acceptors (Lipinski definition) is 5. The van der Waals surface area contributed by atoms with E-state index in [-0.39, 0.29) is 5.56 Å². The van der Waals surface area contributed by atoms with Crippen LogP contribution in [0.25, 0.3) is 0 Å². The molecule has 0 radical (unpaired) electrons. The van der Waals surface area contributed by atoms with Crippen molar-refractivity contribution in [1.29, 1.82) is 5.26 Å². The van der Waals surface area contributed by atoms with Gasteiger partial charge in [0.25, 0.3) is 10.1 Å². The maximum Gasteiger partial charge on any atom is 0.264 e. The fraction of sp³-hybridized carbons (Fsp3) is 0.300. The lowest BCUT2D eigenvalue weighted by atomic mass is 10.1. The van der Waals surface area contributed by atoms with Crippen LogP contribution in [0, 0.1) is 11.3 Å². The Labute approximate surface area is 108 Å². The minimum Gasteiger partial charge on any atom is -0.397 e. The van der Waals surface area contributed by atoms with E-state index in [0.29, 0.717) is 15.7 Å². The molecule has 0 bridgehead atoms. The van der Waals surface area contributed by atoms with Crippen LogP contribution in [0.1, 0.15) is 24.2 Å². The summed E-state index contributed by atoms with van der Waals surface area (Å²) in [6.45, 7) is 1.58. The Kier molecular flexibility index (Phi) is 4.14. The van der Waals surface area contributed by atoms with Crippen LogP contribution in [0.3, 0.4) is 0 Å². The second-order valence-electron chi connectivity index (χ2n) is 3.52. The van der Waals surface area contributed by atoms with Crippen LogP contribution in [0.15, 0.2) is 16.6 Å². The van der Waals surface area contributed by atoms with Crippen LogP contribution in [0.4, 0.5) is 5.69 Å². The standard InChI is InChI=1S/C10H11BrN2O3S/c1-6(16-17(2,14)15)7-3-8(5-12)10(13)9(11)4-7/h3-4,6H,13H2,1-2H3. The molecule has 0 fully saturated rings. The van der Waals surface area contributed by atoms with Crippen LogP contribution in [0.5, 0.6) is 0 Å². The van der Waals surface area contributed by atoms with Gasteiger partial charge in [0.15, 0.2) is 0 Å². The van der Waals surface area contributed by atoms with Gasteiger partial charge < -0.3 is 5.73 Å². The molecule has 1 aromatic carbocycles. The number of benzene rings is 1. The van der Waals surface area contributed by atoms with Crippen molar-refractivity contribution in [3.63, 3.8) is 0 Å². The second-order valence-corrected chi connectivity index (χ2v) is 5.97. The minimum absolute atomic E-state index is 0.276. The number of nitriles is 1. The van der Waals surface area contributed by atoms with Gasteiger partial charge in [-0.15, -0.1) is 0 Å². The van der Waals surface area contributed by atoms with Gasteiger partial charge in [0, 0.05) is 4.47 Å². The third-order valence-corrected chi connectivity index (χ3v) is 3.36. The van der Waals surface area contributed by atoms with Crippen molar-refractivity contribution in [2.45, 2.75) is 13.0 Å². The molecule has 0 aliphatic carbocycles. The average molecular weight is 319 g/mol. The van der Waals surface area contributed by atoms with E-state index in [1.165, 1.54) is 6.07 Å². The van der Waals surface area contributed by atoms with Crippen molar-refractivity contribution < 1.29 is 12.6 Å². The molecule has 5 nitrogen and oxygen atoms in total. The second kappa shape index (κ2) is 5.04. The van der Waals surface area contributed by atoms with E-state index < -0.39 is 16.2 Å². The summed E-state index contributed by atoms with van der Waals surface area (Å²) in [5, 5.41) is 8.87. The van der Waals surface area contributed by atoms with Crippen LogP contribution in [0.2, 0.25) is 0 Å². The van der Waals surface area contributed by atoms with Gasteiger partial charge >= 0.3 is 0 Å². The van der Waals surface area contributed by atoms with Crippen molar-refractivity contribution in [3.05, 3.63) is 27.7 Å². The lowest BCUT2D eigenvalue weighted by Crippen LogP contribution is -2.08. The van der Waals surface area contributed by atoms with E-state index in [1.807, 2.05) is 6.07 Å². The normalized spacial score (nSPS) is 13.1. The Morgan fingerprint density at radius 3 is 2.59 bits per heavy atom. The molecule has 1 atom stereocenters. The van der Waals surface area contributed by atoms with E-state index in [4.69, 9.17) is 15.2 Å². The molecule has 0 heterocycles. The molecule has 17 heavy (non-hydrogen) atoms. The molecular formula is C10H11BrN2O3S. The van der Waals surface area contributed by atoms with Crippen LogP contribution >= 0.6 is 15.9 Å². The van der Waals surface area contributed by atoms with E-state index in [9.17, 15) is 8.42 Å². The summed E-state index contributed by atoms with van der Waals surface area (Å²) in [5.41, 5.74) is 6.82. The van der Waals surface area contributed by atoms with Crippen molar-refractivity contribution >= 4 is 31.7 Å². The molecule has 92 valence electrons. The summed E-state index contributed by atoms with van der Waals surface area (Å²) in [6.07, 6.45) is 0.301. The highest BCUT2D eigenvalue weighted by Gasteiger charge is 2.15. The fourth-order valence-electron chi connectivity index (χ4n) is 1.28. The summed E-state index contributed by atoms with van der Waals surface area (Å²) in [6, 6.07) is 5.08. The number of rotatable bonds is 3.